The Morgan fingerprint density at radius 2 is 2.00 bits per heavy atom. The largest absolute Gasteiger partial charge is 0.338 e. The van der Waals surface area contributed by atoms with E-state index >= 15 is 0 Å². The van der Waals surface area contributed by atoms with Crippen LogP contribution in [0.5, 0.6) is 0 Å². The molecule has 1 amide bonds. The second-order valence-electron chi connectivity index (χ2n) is 2.44. The molecule has 0 fully saturated rings. The topological polar surface area (TPSA) is 46.2 Å². The third-order valence-electron chi connectivity index (χ3n) is 1.42. The Kier molecular flexibility index (Phi) is 3.96. The van der Waals surface area contributed by atoms with Crippen LogP contribution in [0.1, 0.15) is 5.56 Å². The van der Waals surface area contributed by atoms with E-state index < -0.39 is 5.91 Å². The van der Waals surface area contributed by atoms with Crippen LogP contribution in [-0.4, -0.2) is 18.7 Å². The van der Waals surface area contributed by atoms with E-state index in [1.165, 1.54) is 0 Å². The Morgan fingerprint density at radius 1 is 1.29 bits per heavy atom. The SMILES string of the molecule is O=[C]CNC(=O)C#Cc1ccccc1. The Bertz CT molecular complexity index is 373. The van der Waals surface area contributed by atoms with E-state index in [9.17, 15) is 9.59 Å². The van der Waals surface area contributed by atoms with Gasteiger partial charge in [-0.1, -0.05) is 24.1 Å². The molecule has 3 heteroatoms. The van der Waals surface area contributed by atoms with E-state index in [-0.39, 0.29) is 6.54 Å². The minimum atomic E-state index is -0.475. The highest BCUT2D eigenvalue weighted by atomic mass is 16.2. The highest BCUT2D eigenvalue weighted by molar-refractivity contribution is 5.94. The van der Waals surface area contributed by atoms with Crippen molar-refractivity contribution in [2.24, 2.45) is 0 Å². The van der Waals surface area contributed by atoms with Crippen LogP contribution in [-0.2, 0) is 9.59 Å². The van der Waals surface area contributed by atoms with Gasteiger partial charge >= 0.3 is 0 Å². The number of hydrogen-bond acceptors (Lipinski definition) is 2. The van der Waals surface area contributed by atoms with Gasteiger partial charge in [-0.3, -0.25) is 9.59 Å². The molecular formula is C11H8NO2. The van der Waals surface area contributed by atoms with Gasteiger partial charge in [0.2, 0.25) is 6.29 Å². The molecule has 0 saturated heterocycles. The summed E-state index contributed by atoms with van der Waals surface area (Å²) in [5.41, 5.74) is 0.762. The average Bonchev–Trinajstić information content (AvgIpc) is 2.25. The third kappa shape index (κ3) is 3.55. The van der Waals surface area contributed by atoms with Crippen LogP contribution >= 0.6 is 0 Å². The van der Waals surface area contributed by atoms with Gasteiger partial charge in [0.25, 0.3) is 5.91 Å². The number of hydrogen-bond donors (Lipinski definition) is 1. The van der Waals surface area contributed by atoms with Gasteiger partial charge in [0.1, 0.15) is 0 Å². The van der Waals surface area contributed by atoms with Gasteiger partial charge < -0.3 is 5.32 Å². The molecule has 0 heterocycles. The first kappa shape index (κ1) is 10.0. The van der Waals surface area contributed by atoms with Crippen LogP contribution in [0.25, 0.3) is 0 Å². The molecule has 1 radical (unpaired) electrons. The lowest BCUT2D eigenvalue weighted by Gasteiger charge is -1.89. The molecule has 0 atom stereocenters. The van der Waals surface area contributed by atoms with E-state index in [0.717, 1.165) is 5.56 Å². The van der Waals surface area contributed by atoms with Crippen LogP contribution in [0.15, 0.2) is 30.3 Å². The number of nitrogens with one attached hydrogen (secondary N) is 1. The Balaban J connectivity index is 2.55. The fourth-order valence-electron chi connectivity index (χ4n) is 0.811. The monoisotopic (exact) mass is 186 g/mol. The Labute approximate surface area is 82.1 Å². The summed E-state index contributed by atoms with van der Waals surface area (Å²) in [6, 6.07) is 9.13. The summed E-state index contributed by atoms with van der Waals surface area (Å²) < 4.78 is 0. The quantitative estimate of drug-likeness (QED) is 0.673. The second kappa shape index (κ2) is 5.55. The molecule has 0 bridgehead atoms. The lowest BCUT2D eigenvalue weighted by atomic mass is 10.2. The van der Waals surface area contributed by atoms with E-state index in [1.54, 1.807) is 18.4 Å². The van der Waals surface area contributed by atoms with Gasteiger partial charge in [0.05, 0.1) is 6.54 Å². The zero-order valence-electron chi connectivity index (χ0n) is 7.41. The summed E-state index contributed by atoms with van der Waals surface area (Å²) >= 11 is 0. The minimum Gasteiger partial charge on any atom is -0.338 e. The van der Waals surface area contributed by atoms with Crippen molar-refractivity contribution in [3.63, 3.8) is 0 Å². The normalized spacial score (nSPS) is 8.29. The summed E-state index contributed by atoms with van der Waals surface area (Å²) in [4.78, 5) is 20.7. The summed E-state index contributed by atoms with van der Waals surface area (Å²) in [7, 11) is 0. The lowest BCUT2D eigenvalue weighted by Crippen LogP contribution is -2.23. The first-order valence-corrected chi connectivity index (χ1v) is 4.03. The number of rotatable bonds is 2. The summed E-state index contributed by atoms with van der Waals surface area (Å²) in [5.74, 6) is 4.54. The average molecular weight is 186 g/mol. The van der Waals surface area contributed by atoms with Gasteiger partial charge in [0.15, 0.2) is 0 Å². The number of amides is 1. The summed E-state index contributed by atoms with van der Waals surface area (Å²) in [5, 5.41) is 2.27. The van der Waals surface area contributed by atoms with Crippen molar-refractivity contribution >= 4 is 12.2 Å². The number of carbonyl (C=O) groups is 1. The lowest BCUT2D eigenvalue weighted by molar-refractivity contribution is -0.115. The van der Waals surface area contributed by atoms with Crippen molar-refractivity contribution in [2.75, 3.05) is 6.54 Å². The van der Waals surface area contributed by atoms with Crippen LogP contribution < -0.4 is 5.32 Å². The molecule has 0 aliphatic heterocycles. The molecule has 1 aromatic carbocycles. The highest BCUT2D eigenvalue weighted by Crippen LogP contribution is 1.94. The van der Waals surface area contributed by atoms with Crippen molar-refractivity contribution in [3.8, 4) is 11.8 Å². The molecule has 69 valence electrons. The molecule has 0 spiro atoms. The second-order valence-corrected chi connectivity index (χ2v) is 2.44. The van der Waals surface area contributed by atoms with Gasteiger partial charge in [0, 0.05) is 11.5 Å². The molecule has 1 rings (SSSR count). The van der Waals surface area contributed by atoms with Crippen molar-refractivity contribution in [1.82, 2.24) is 5.32 Å². The van der Waals surface area contributed by atoms with Crippen LogP contribution in [0.4, 0.5) is 0 Å². The molecule has 0 aromatic heterocycles. The Hall–Kier alpha value is -2.08. The fraction of sp³-hybridized carbons (Fsp3) is 0.0909. The summed E-state index contributed by atoms with van der Waals surface area (Å²) in [6.45, 7) is -0.123. The van der Waals surface area contributed by atoms with Crippen LogP contribution in [0.2, 0.25) is 0 Å². The standard InChI is InChI=1S/C11H8NO2/c13-9-8-12-11(14)7-6-10-4-2-1-3-5-10/h1-5H,8H2,(H,12,14). The van der Waals surface area contributed by atoms with Crippen molar-refractivity contribution in [1.29, 1.82) is 0 Å². The molecule has 1 N–H and O–H groups in total. The molecule has 0 saturated carbocycles. The van der Waals surface area contributed by atoms with E-state index in [0.29, 0.717) is 0 Å². The van der Waals surface area contributed by atoms with E-state index in [1.807, 2.05) is 18.2 Å². The predicted molar refractivity (Wildman–Crippen MR) is 52.0 cm³/mol. The fourth-order valence-corrected chi connectivity index (χ4v) is 0.811. The van der Waals surface area contributed by atoms with Gasteiger partial charge in [-0.15, -0.1) is 0 Å². The molecule has 1 aromatic rings. The highest BCUT2D eigenvalue weighted by Gasteiger charge is 1.91. The molecule has 0 aliphatic carbocycles. The maximum Gasteiger partial charge on any atom is 0.296 e. The first-order valence-electron chi connectivity index (χ1n) is 4.03. The molecule has 0 aliphatic rings. The molecular weight excluding hydrogens is 178 g/mol. The van der Waals surface area contributed by atoms with Crippen LogP contribution in [0, 0.1) is 11.8 Å². The van der Waals surface area contributed by atoms with Crippen molar-refractivity contribution < 1.29 is 9.59 Å². The van der Waals surface area contributed by atoms with Gasteiger partial charge in [-0.05, 0) is 12.1 Å². The third-order valence-corrected chi connectivity index (χ3v) is 1.42. The minimum absolute atomic E-state index is 0.123. The van der Waals surface area contributed by atoms with E-state index in [2.05, 4.69) is 17.2 Å². The maximum absolute atomic E-state index is 10.9. The molecule has 3 nitrogen and oxygen atoms in total. The zero-order valence-corrected chi connectivity index (χ0v) is 7.41. The molecule has 14 heavy (non-hydrogen) atoms. The zero-order chi connectivity index (χ0) is 10.2. The molecule has 0 unspecified atom stereocenters. The number of benzene rings is 1. The first-order chi connectivity index (χ1) is 6.83. The van der Waals surface area contributed by atoms with Gasteiger partial charge in [-0.2, -0.15) is 0 Å². The summed E-state index contributed by atoms with van der Waals surface area (Å²) in [6.07, 6.45) is 1.55. The van der Waals surface area contributed by atoms with Crippen LogP contribution in [0.3, 0.4) is 0 Å². The van der Waals surface area contributed by atoms with Crippen molar-refractivity contribution in [2.45, 2.75) is 0 Å². The van der Waals surface area contributed by atoms with Gasteiger partial charge in [-0.25, -0.2) is 0 Å². The smallest absolute Gasteiger partial charge is 0.296 e. The maximum atomic E-state index is 10.9. The Morgan fingerprint density at radius 3 is 2.64 bits per heavy atom. The van der Waals surface area contributed by atoms with Crippen molar-refractivity contribution in [3.05, 3.63) is 35.9 Å². The predicted octanol–water partition coefficient (Wildman–Crippen LogP) is 0.264. The number of carbonyl (C=O) groups excluding carboxylic acids is 2. The van der Waals surface area contributed by atoms with E-state index in [4.69, 9.17) is 0 Å².